The van der Waals surface area contributed by atoms with Gasteiger partial charge in [-0.1, -0.05) is 6.07 Å². The Morgan fingerprint density at radius 3 is 2.57 bits per heavy atom. The van der Waals surface area contributed by atoms with E-state index in [1.54, 1.807) is 20.4 Å². The van der Waals surface area contributed by atoms with Gasteiger partial charge in [-0.25, -0.2) is 0 Å². The lowest BCUT2D eigenvalue weighted by atomic mass is 10.1. The Kier molecular flexibility index (Phi) is 8.59. The second kappa shape index (κ2) is 11.2. The Balaban J connectivity index is 1.85. The van der Waals surface area contributed by atoms with Crippen molar-refractivity contribution in [2.45, 2.75) is 6.42 Å². The molecule has 0 atom stereocenters. The van der Waals surface area contributed by atoms with Crippen molar-refractivity contribution in [3.63, 3.8) is 0 Å². The van der Waals surface area contributed by atoms with E-state index in [0.29, 0.717) is 31.0 Å². The maximum absolute atomic E-state index is 12.3. The predicted octanol–water partition coefficient (Wildman–Crippen LogP) is 0.346. The fourth-order valence-electron chi connectivity index (χ4n) is 3.07. The van der Waals surface area contributed by atoms with E-state index in [1.807, 2.05) is 29.2 Å². The smallest absolute Gasteiger partial charge is 0.263 e. The first kappa shape index (κ1) is 21.5. The van der Waals surface area contributed by atoms with E-state index in [-0.39, 0.29) is 11.5 Å². The van der Waals surface area contributed by atoms with E-state index in [0.717, 1.165) is 38.3 Å². The summed E-state index contributed by atoms with van der Waals surface area (Å²) in [6.45, 7) is 5.27. The van der Waals surface area contributed by atoms with Gasteiger partial charge in [-0.05, 0) is 24.1 Å². The summed E-state index contributed by atoms with van der Waals surface area (Å²) in [7, 11) is 3.18. The number of nitriles is 1. The van der Waals surface area contributed by atoms with Crippen LogP contribution >= 0.6 is 0 Å². The highest BCUT2D eigenvalue weighted by molar-refractivity contribution is 5.97. The quantitative estimate of drug-likeness (QED) is 0.465. The number of nitrogens with two attached hydrogens (primary N) is 1. The normalized spacial score (nSPS) is 15.1. The third-order valence-corrected chi connectivity index (χ3v) is 4.68. The molecular formula is C20H29N5O3. The van der Waals surface area contributed by atoms with E-state index in [1.165, 1.54) is 0 Å². The molecule has 1 fully saturated rings. The molecule has 2 rings (SSSR count). The summed E-state index contributed by atoms with van der Waals surface area (Å²) in [6.07, 6.45) is 2.29. The number of carbonyl (C=O) groups is 1. The number of amides is 1. The molecule has 1 amide bonds. The third-order valence-electron chi connectivity index (χ3n) is 4.68. The molecule has 0 aliphatic carbocycles. The van der Waals surface area contributed by atoms with Crippen LogP contribution in [0.15, 0.2) is 30.0 Å². The Morgan fingerprint density at radius 1 is 1.25 bits per heavy atom. The Hall–Kier alpha value is -2.76. The number of nitrogens with zero attached hydrogens (tertiary/aromatic N) is 3. The highest BCUT2D eigenvalue weighted by Crippen LogP contribution is 2.27. The number of hydrogen-bond acceptors (Lipinski definition) is 7. The summed E-state index contributed by atoms with van der Waals surface area (Å²) in [5.41, 5.74) is 6.71. The largest absolute Gasteiger partial charge is 0.493 e. The molecule has 1 aromatic rings. The lowest BCUT2D eigenvalue weighted by Crippen LogP contribution is -2.46. The highest BCUT2D eigenvalue weighted by atomic mass is 16.5. The van der Waals surface area contributed by atoms with Crippen LogP contribution in [0.2, 0.25) is 0 Å². The minimum absolute atomic E-state index is 0.125. The van der Waals surface area contributed by atoms with Crippen molar-refractivity contribution in [3.05, 3.63) is 35.5 Å². The maximum atomic E-state index is 12.3. The third kappa shape index (κ3) is 6.15. The van der Waals surface area contributed by atoms with Gasteiger partial charge in [-0.3, -0.25) is 9.69 Å². The summed E-state index contributed by atoms with van der Waals surface area (Å²) in [4.78, 5) is 16.6. The van der Waals surface area contributed by atoms with Gasteiger partial charge in [0.25, 0.3) is 5.91 Å². The monoisotopic (exact) mass is 387 g/mol. The van der Waals surface area contributed by atoms with Crippen LogP contribution in [0, 0.1) is 11.3 Å². The van der Waals surface area contributed by atoms with Gasteiger partial charge in [0.05, 0.1) is 14.2 Å². The molecule has 1 aromatic carbocycles. The molecule has 8 nitrogen and oxygen atoms in total. The molecule has 1 heterocycles. The van der Waals surface area contributed by atoms with Crippen LogP contribution in [0.1, 0.15) is 5.56 Å². The topological polar surface area (TPSA) is 104 Å². The highest BCUT2D eigenvalue weighted by Gasteiger charge is 2.16. The van der Waals surface area contributed by atoms with Crippen LogP contribution in [-0.2, 0) is 11.2 Å². The molecule has 1 aliphatic rings. The van der Waals surface area contributed by atoms with E-state index in [2.05, 4.69) is 10.2 Å². The van der Waals surface area contributed by atoms with E-state index in [9.17, 15) is 10.1 Å². The van der Waals surface area contributed by atoms with Crippen molar-refractivity contribution in [2.24, 2.45) is 5.73 Å². The zero-order valence-corrected chi connectivity index (χ0v) is 16.6. The molecule has 0 unspecified atom stereocenters. The lowest BCUT2D eigenvalue weighted by Gasteiger charge is -2.33. The van der Waals surface area contributed by atoms with Crippen molar-refractivity contribution in [1.82, 2.24) is 15.1 Å². The molecule has 0 radical (unpaired) electrons. The second-order valence-electron chi connectivity index (χ2n) is 6.52. The lowest BCUT2D eigenvalue weighted by molar-refractivity contribution is -0.117. The molecule has 152 valence electrons. The fourth-order valence-corrected chi connectivity index (χ4v) is 3.07. The number of benzene rings is 1. The standard InChI is InChI=1S/C20H29N5O3/c1-27-18-4-3-16(13-19(18)28-2)5-7-23-20(26)17(14-22)15-25-11-9-24(8-6-21)10-12-25/h3-4,13,15H,5-12,21H2,1-2H3,(H,23,26)/b17-15-. The number of carbonyl (C=O) groups excluding carboxylic acids is 1. The van der Waals surface area contributed by atoms with Gasteiger partial charge in [0.1, 0.15) is 11.6 Å². The van der Waals surface area contributed by atoms with Crippen LogP contribution in [0.25, 0.3) is 0 Å². The van der Waals surface area contributed by atoms with Gasteiger partial charge < -0.3 is 25.4 Å². The molecule has 1 aliphatic heterocycles. The predicted molar refractivity (Wildman–Crippen MR) is 107 cm³/mol. The van der Waals surface area contributed by atoms with Crippen molar-refractivity contribution in [3.8, 4) is 17.6 Å². The number of hydrogen-bond donors (Lipinski definition) is 2. The number of ether oxygens (including phenoxy) is 2. The maximum Gasteiger partial charge on any atom is 0.263 e. The number of nitrogens with one attached hydrogen (secondary N) is 1. The van der Waals surface area contributed by atoms with Crippen molar-refractivity contribution in [2.75, 3.05) is 60.0 Å². The zero-order chi connectivity index (χ0) is 20.4. The Labute approximate surface area is 166 Å². The molecule has 3 N–H and O–H groups in total. The molecule has 0 saturated carbocycles. The van der Waals surface area contributed by atoms with Gasteiger partial charge in [0.15, 0.2) is 11.5 Å². The van der Waals surface area contributed by atoms with Gasteiger partial charge in [-0.2, -0.15) is 5.26 Å². The number of piperazine rings is 1. The van der Waals surface area contributed by atoms with Gasteiger partial charge in [0.2, 0.25) is 0 Å². The van der Waals surface area contributed by atoms with E-state index >= 15 is 0 Å². The van der Waals surface area contributed by atoms with Crippen LogP contribution in [-0.4, -0.2) is 75.7 Å². The summed E-state index contributed by atoms with van der Waals surface area (Å²) < 4.78 is 10.5. The molecule has 8 heteroatoms. The molecule has 1 saturated heterocycles. The fraction of sp³-hybridized carbons (Fsp3) is 0.500. The van der Waals surface area contributed by atoms with Gasteiger partial charge in [-0.15, -0.1) is 0 Å². The van der Waals surface area contributed by atoms with Crippen LogP contribution in [0.3, 0.4) is 0 Å². The molecule has 28 heavy (non-hydrogen) atoms. The SMILES string of the molecule is COc1ccc(CCNC(=O)/C(C#N)=C\N2CCN(CCN)CC2)cc1OC. The average molecular weight is 387 g/mol. The zero-order valence-electron chi connectivity index (χ0n) is 16.6. The summed E-state index contributed by atoms with van der Waals surface area (Å²) in [5.74, 6) is 0.960. The Bertz CT molecular complexity index is 721. The first-order chi connectivity index (χ1) is 13.6. The minimum atomic E-state index is -0.354. The van der Waals surface area contributed by atoms with Crippen molar-refractivity contribution >= 4 is 5.91 Å². The van der Waals surface area contributed by atoms with Crippen molar-refractivity contribution < 1.29 is 14.3 Å². The summed E-state index contributed by atoms with van der Waals surface area (Å²) in [5, 5.41) is 12.2. The van der Waals surface area contributed by atoms with Gasteiger partial charge >= 0.3 is 0 Å². The summed E-state index contributed by atoms with van der Waals surface area (Å²) in [6, 6.07) is 7.65. The summed E-state index contributed by atoms with van der Waals surface area (Å²) >= 11 is 0. The Morgan fingerprint density at radius 2 is 1.96 bits per heavy atom. The van der Waals surface area contributed by atoms with Gasteiger partial charge in [0, 0.05) is 52.0 Å². The van der Waals surface area contributed by atoms with Crippen LogP contribution in [0.4, 0.5) is 0 Å². The average Bonchev–Trinajstić information content (AvgIpc) is 2.73. The molecule has 0 bridgehead atoms. The second-order valence-corrected chi connectivity index (χ2v) is 6.52. The molecule has 0 aromatic heterocycles. The minimum Gasteiger partial charge on any atom is -0.493 e. The van der Waals surface area contributed by atoms with Crippen LogP contribution in [0.5, 0.6) is 11.5 Å². The number of methoxy groups -OCH3 is 2. The first-order valence-corrected chi connectivity index (χ1v) is 9.38. The molecule has 0 spiro atoms. The van der Waals surface area contributed by atoms with E-state index in [4.69, 9.17) is 15.2 Å². The van der Waals surface area contributed by atoms with Crippen molar-refractivity contribution in [1.29, 1.82) is 5.26 Å². The van der Waals surface area contributed by atoms with E-state index < -0.39 is 0 Å². The molecular weight excluding hydrogens is 358 g/mol. The van der Waals surface area contributed by atoms with Crippen LogP contribution < -0.4 is 20.5 Å². The number of rotatable bonds is 9. The first-order valence-electron chi connectivity index (χ1n) is 9.38.